The molecule has 0 atom stereocenters. The van der Waals surface area contributed by atoms with Gasteiger partial charge in [0.15, 0.2) is 0 Å². The molecule has 0 aliphatic heterocycles. The molecular formula is C9H15NO2. The molecule has 0 aliphatic rings. The minimum atomic E-state index is 0.830. The Morgan fingerprint density at radius 3 is 2.92 bits per heavy atom. The molecule has 1 aromatic rings. The van der Waals surface area contributed by atoms with Crippen molar-refractivity contribution in [1.29, 1.82) is 0 Å². The molecule has 12 heavy (non-hydrogen) atoms. The van der Waals surface area contributed by atoms with Crippen molar-refractivity contribution in [3.05, 3.63) is 17.5 Å². The van der Waals surface area contributed by atoms with Crippen molar-refractivity contribution < 1.29 is 9.26 Å². The van der Waals surface area contributed by atoms with Crippen LogP contribution in [0.2, 0.25) is 0 Å². The number of methoxy groups -OCH3 is 1. The summed E-state index contributed by atoms with van der Waals surface area (Å²) in [5.74, 6) is 0.886. The molecule has 0 saturated heterocycles. The van der Waals surface area contributed by atoms with E-state index in [9.17, 15) is 0 Å². The molecule has 0 amide bonds. The van der Waals surface area contributed by atoms with Crippen LogP contribution in [0.15, 0.2) is 10.6 Å². The number of hydrogen-bond donors (Lipinski definition) is 0. The number of aryl methyl sites for hydroxylation is 2. The Morgan fingerprint density at radius 2 is 2.33 bits per heavy atom. The highest BCUT2D eigenvalue weighted by atomic mass is 16.5. The molecular weight excluding hydrogens is 154 g/mol. The van der Waals surface area contributed by atoms with Gasteiger partial charge in [0.25, 0.3) is 0 Å². The van der Waals surface area contributed by atoms with Crippen molar-refractivity contribution in [2.45, 2.75) is 26.2 Å². The fourth-order valence-electron chi connectivity index (χ4n) is 1.09. The maximum atomic E-state index is 4.94. The van der Waals surface area contributed by atoms with E-state index in [0.29, 0.717) is 0 Å². The molecule has 3 nitrogen and oxygen atoms in total. The molecule has 3 heteroatoms. The predicted octanol–water partition coefficient (Wildman–Crippen LogP) is 1.95. The molecule has 0 aliphatic carbocycles. The van der Waals surface area contributed by atoms with Gasteiger partial charge in [0.1, 0.15) is 5.76 Å². The fraction of sp³-hybridized carbons (Fsp3) is 0.667. The van der Waals surface area contributed by atoms with Gasteiger partial charge in [-0.05, 0) is 26.2 Å². The standard InChI is InChI=1S/C9H15NO2/c1-8-7-9(10-12-8)5-3-4-6-11-2/h7H,3-6H2,1-2H3. The van der Waals surface area contributed by atoms with E-state index in [2.05, 4.69) is 5.16 Å². The van der Waals surface area contributed by atoms with Crippen LogP contribution in [0.1, 0.15) is 24.3 Å². The van der Waals surface area contributed by atoms with Gasteiger partial charge in [-0.2, -0.15) is 0 Å². The van der Waals surface area contributed by atoms with Crippen molar-refractivity contribution in [2.75, 3.05) is 13.7 Å². The number of rotatable bonds is 5. The summed E-state index contributed by atoms with van der Waals surface area (Å²) in [7, 11) is 1.72. The van der Waals surface area contributed by atoms with Crippen LogP contribution in [0.4, 0.5) is 0 Å². The van der Waals surface area contributed by atoms with E-state index in [1.165, 1.54) is 0 Å². The summed E-state index contributed by atoms with van der Waals surface area (Å²) in [5, 5.41) is 3.90. The van der Waals surface area contributed by atoms with Crippen LogP contribution in [-0.4, -0.2) is 18.9 Å². The fourth-order valence-corrected chi connectivity index (χ4v) is 1.09. The van der Waals surface area contributed by atoms with Gasteiger partial charge in [0.2, 0.25) is 0 Å². The van der Waals surface area contributed by atoms with E-state index in [4.69, 9.17) is 9.26 Å². The molecule has 0 fully saturated rings. The lowest BCUT2D eigenvalue weighted by Crippen LogP contribution is -1.91. The Labute approximate surface area is 72.7 Å². The minimum absolute atomic E-state index is 0.830. The van der Waals surface area contributed by atoms with E-state index in [-0.39, 0.29) is 0 Å². The first-order valence-corrected chi connectivity index (χ1v) is 4.24. The average molecular weight is 169 g/mol. The number of ether oxygens (including phenoxy) is 1. The van der Waals surface area contributed by atoms with Crippen molar-refractivity contribution in [3.63, 3.8) is 0 Å². The monoisotopic (exact) mass is 169 g/mol. The normalized spacial score (nSPS) is 10.5. The van der Waals surface area contributed by atoms with Crippen LogP contribution in [0.5, 0.6) is 0 Å². The minimum Gasteiger partial charge on any atom is -0.385 e. The largest absolute Gasteiger partial charge is 0.385 e. The number of nitrogens with zero attached hydrogens (tertiary/aromatic N) is 1. The first-order valence-electron chi connectivity index (χ1n) is 4.24. The summed E-state index contributed by atoms with van der Waals surface area (Å²) in [6, 6.07) is 1.98. The van der Waals surface area contributed by atoms with E-state index in [0.717, 1.165) is 37.3 Å². The Kier molecular flexibility index (Phi) is 3.80. The second kappa shape index (κ2) is 4.93. The summed E-state index contributed by atoms with van der Waals surface area (Å²) in [6.45, 7) is 2.74. The van der Waals surface area contributed by atoms with Crippen LogP contribution in [0.3, 0.4) is 0 Å². The maximum Gasteiger partial charge on any atom is 0.133 e. The molecule has 1 aromatic heterocycles. The maximum absolute atomic E-state index is 4.94. The molecule has 0 saturated carbocycles. The van der Waals surface area contributed by atoms with Gasteiger partial charge in [-0.3, -0.25) is 0 Å². The van der Waals surface area contributed by atoms with Crippen LogP contribution in [0.25, 0.3) is 0 Å². The first kappa shape index (κ1) is 9.26. The van der Waals surface area contributed by atoms with Gasteiger partial charge in [-0.25, -0.2) is 0 Å². The zero-order chi connectivity index (χ0) is 8.81. The third-order valence-electron chi connectivity index (χ3n) is 1.71. The lowest BCUT2D eigenvalue weighted by Gasteiger charge is -1.95. The van der Waals surface area contributed by atoms with Gasteiger partial charge in [0.05, 0.1) is 5.69 Å². The highest BCUT2D eigenvalue weighted by Crippen LogP contribution is 2.05. The van der Waals surface area contributed by atoms with Crippen LogP contribution in [0, 0.1) is 6.92 Å². The summed E-state index contributed by atoms with van der Waals surface area (Å²) in [5.41, 5.74) is 1.05. The van der Waals surface area contributed by atoms with Gasteiger partial charge < -0.3 is 9.26 Å². The van der Waals surface area contributed by atoms with Crippen molar-refractivity contribution >= 4 is 0 Å². The van der Waals surface area contributed by atoms with Crippen molar-refractivity contribution in [2.24, 2.45) is 0 Å². The molecule has 0 aromatic carbocycles. The molecule has 0 unspecified atom stereocenters. The Hall–Kier alpha value is -0.830. The van der Waals surface area contributed by atoms with Gasteiger partial charge >= 0.3 is 0 Å². The van der Waals surface area contributed by atoms with E-state index < -0.39 is 0 Å². The van der Waals surface area contributed by atoms with E-state index in [1.54, 1.807) is 7.11 Å². The van der Waals surface area contributed by atoms with Crippen molar-refractivity contribution in [1.82, 2.24) is 5.16 Å². The quantitative estimate of drug-likeness (QED) is 0.632. The third-order valence-corrected chi connectivity index (χ3v) is 1.71. The topological polar surface area (TPSA) is 35.3 Å². The summed E-state index contributed by atoms with van der Waals surface area (Å²) in [4.78, 5) is 0. The molecule has 0 bridgehead atoms. The molecule has 0 spiro atoms. The number of hydrogen-bond acceptors (Lipinski definition) is 3. The van der Waals surface area contributed by atoms with Crippen LogP contribution >= 0.6 is 0 Å². The SMILES string of the molecule is COCCCCc1cc(C)on1. The molecule has 0 radical (unpaired) electrons. The second-order valence-electron chi connectivity index (χ2n) is 2.88. The summed E-state index contributed by atoms with van der Waals surface area (Å²) in [6.07, 6.45) is 3.18. The molecule has 1 rings (SSSR count). The predicted molar refractivity (Wildman–Crippen MR) is 46.1 cm³/mol. The molecule has 1 heterocycles. The Bertz CT molecular complexity index is 220. The Morgan fingerprint density at radius 1 is 1.50 bits per heavy atom. The van der Waals surface area contributed by atoms with E-state index >= 15 is 0 Å². The van der Waals surface area contributed by atoms with Gasteiger partial charge in [-0.1, -0.05) is 5.16 Å². The zero-order valence-corrected chi connectivity index (χ0v) is 7.67. The Balaban J connectivity index is 2.15. The third kappa shape index (κ3) is 3.05. The van der Waals surface area contributed by atoms with Gasteiger partial charge in [0, 0.05) is 19.8 Å². The first-order chi connectivity index (χ1) is 5.83. The molecule has 0 N–H and O–H groups in total. The molecule has 68 valence electrons. The highest BCUT2D eigenvalue weighted by molar-refractivity contribution is 5.03. The zero-order valence-electron chi connectivity index (χ0n) is 7.67. The lowest BCUT2D eigenvalue weighted by molar-refractivity contribution is 0.192. The lowest BCUT2D eigenvalue weighted by atomic mass is 10.2. The number of unbranched alkanes of at least 4 members (excludes halogenated alkanes) is 1. The van der Waals surface area contributed by atoms with Crippen molar-refractivity contribution in [3.8, 4) is 0 Å². The smallest absolute Gasteiger partial charge is 0.133 e. The average Bonchev–Trinajstić information content (AvgIpc) is 2.45. The summed E-state index contributed by atoms with van der Waals surface area (Å²) >= 11 is 0. The highest BCUT2D eigenvalue weighted by Gasteiger charge is 1.98. The second-order valence-corrected chi connectivity index (χ2v) is 2.88. The van der Waals surface area contributed by atoms with Crippen LogP contribution < -0.4 is 0 Å². The summed E-state index contributed by atoms with van der Waals surface area (Å²) < 4.78 is 9.88. The number of aromatic nitrogens is 1. The van der Waals surface area contributed by atoms with E-state index in [1.807, 2.05) is 13.0 Å². The van der Waals surface area contributed by atoms with Crippen LogP contribution in [-0.2, 0) is 11.2 Å². The van der Waals surface area contributed by atoms with Gasteiger partial charge in [-0.15, -0.1) is 0 Å².